The van der Waals surface area contributed by atoms with E-state index in [1.54, 1.807) is 12.1 Å². The molecule has 1 aromatic heterocycles. The third-order valence-electron chi connectivity index (χ3n) is 2.66. The van der Waals surface area contributed by atoms with Crippen molar-refractivity contribution in [2.45, 2.75) is 18.4 Å². The van der Waals surface area contributed by atoms with E-state index in [0.29, 0.717) is 11.4 Å². The van der Waals surface area contributed by atoms with Gasteiger partial charge < -0.3 is 4.57 Å². The Kier molecular flexibility index (Phi) is 3.33. The second-order valence-electron chi connectivity index (χ2n) is 4.05. The van der Waals surface area contributed by atoms with E-state index >= 15 is 0 Å². The monoisotopic (exact) mass is 249 g/mol. The second kappa shape index (κ2) is 4.75. The highest BCUT2D eigenvalue weighted by Crippen LogP contribution is 2.12. The fourth-order valence-corrected chi connectivity index (χ4v) is 2.85. The first-order chi connectivity index (χ1) is 8.08. The Morgan fingerprint density at radius 1 is 1.06 bits per heavy atom. The van der Waals surface area contributed by atoms with Crippen LogP contribution >= 0.6 is 0 Å². The highest BCUT2D eigenvalue weighted by atomic mass is 32.2. The summed E-state index contributed by atoms with van der Waals surface area (Å²) in [5, 5.41) is 0. The first-order valence-corrected chi connectivity index (χ1v) is 7.13. The zero-order valence-corrected chi connectivity index (χ0v) is 10.5. The van der Waals surface area contributed by atoms with Crippen LogP contribution < -0.4 is 0 Å². The number of hydrogen-bond acceptors (Lipinski definition) is 2. The van der Waals surface area contributed by atoms with Gasteiger partial charge in [-0.25, -0.2) is 8.42 Å². The molecule has 0 bridgehead atoms. The van der Waals surface area contributed by atoms with Crippen molar-refractivity contribution in [2.24, 2.45) is 0 Å². The summed E-state index contributed by atoms with van der Waals surface area (Å²) in [4.78, 5) is 0.398. The van der Waals surface area contributed by atoms with Gasteiger partial charge in [0.2, 0.25) is 0 Å². The first-order valence-electron chi connectivity index (χ1n) is 5.48. The summed E-state index contributed by atoms with van der Waals surface area (Å²) in [6.07, 6.45) is 3.73. The molecule has 2 aromatic rings. The van der Waals surface area contributed by atoms with Gasteiger partial charge in [0.15, 0.2) is 9.84 Å². The van der Waals surface area contributed by atoms with Crippen LogP contribution in [0.2, 0.25) is 0 Å². The smallest absolute Gasteiger partial charge is 0.180 e. The van der Waals surface area contributed by atoms with Gasteiger partial charge in [0.05, 0.1) is 10.6 Å². The van der Waals surface area contributed by atoms with Crippen LogP contribution in [-0.4, -0.2) is 18.7 Å². The van der Waals surface area contributed by atoms with Gasteiger partial charge in [-0.3, -0.25) is 0 Å². The summed E-state index contributed by atoms with van der Waals surface area (Å²) in [6.45, 7) is 2.43. The summed E-state index contributed by atoms with van der Waals surface area (Å²) in [7, 11) is -3.17. The Labute approximate surface area is 102 Å². The lowest BCUT2D eigenvalue weighted by atomic mass is 10.2. The molecule has 0 radical (unpaired) electrons. The number of rotatable bonds is 4. The highest BCUT2D eigenvalue weighted by Gasteiger charge is 2.13. The predicted molar refractivity (Wildman–Crippen MR) is 67.7 cm³/mol. The van der Waals surface area contributed by atoms with Gasteiger partial charge in [0, 0.05) is 18.9 Å². The van der Waals surface area contributed by atoms with Crippen molar-refractivity contribution in [1.82, 2.24) is 4.57 Å². The zero-order chi connectivity index (χ0) is 12.3. The summed E-state index contributed by atoms with van der Waals surface area (Å²) in [5.74, 6) is 0.130. The molecule has 0 N–H and O–H groups in total. The third-order valence-corrected chi connectivity index (χ3v) is 4.37. The number of benzene rings is 1. The number of hydrogen-bond donors (Lipinski definition) is 0. The van der Waals surface area contributed by atoms with Crippen LogP contribution in [0.5, 0.6) is 0 Å². The standard InChI is InChI=1S/C13H15NO2S/c1-12-4-6-13(7-5-12)17(15,16)11-10-14-8-2-3-9-14/h2-9H,10-11H2,1H3. The minimum atomic E-state index is -3.17. The maximum Gasteiger partial charge on any atom is 0.180 e. The summed E-state index contributed by atoms with van der Waals surface area (Å²) < 4.78 is 25.9. The molecule has 0 fully saturated rings. The molecule has 0 aliphatic carbocycles. The normalized spacial score (nSPS) is 11.6. The average Bonchev–Trinajstić information content (AvgIpc) is 2.80. The maximum atomic E-state index is 12.0. The molecule has 17 heavy (non-hydrogen) atoms. The lowest BCUT2D eigenvalue weighted by Gasteiger charge is -2.05. The summed E-state index contributed by atoms with van der Waals surface area (Å²) in [5.41, 5.74) is 1.06. The Morgan fingerprint density at radius 3 is 2.24 bits per heavy atom. The molecule has 0 aliphatic rings. The molecule has 0 saturated heterocycles. The molecule has 1 aromatic carbocycles. The fourth-order valence-electron chi connectivity index (χ4n) is 1.61. The SMILES string of the molecule is Cc1ccc(S(=O)(=O)CCn2cccc2)cc1. The van der Waals surface area contributed by atoms with Gasteiger partial charge in [-0.2, -0.15) is 0 Å². The van der Waals surface area contributed by atoms with E-state index in [4.69, 9.17) is 0 Å². The molecule has 3 nitrogen and oxygen atoms in total. The van der Waals surface area contributed by atoms with Gasteiger partial charge >= 0.3 is 0 Å². The van der Waals surface area contributed by atoms with Gasteiger partial charge in [0.25, 0.3) is 0 Å². The van der Waals surface area contributed by atoms with E-state index in [1.807, 2.05) is 48.1 Å². The number of aryl methyl sites for hydroxylation is 2. The molecule has 0 atom stereocenters. The van der Waals surface area contributed by atoms with E-state index < -0.39 is 9.84 Å². The van der Waals surface area contributed by atoms with Gasteiger partial charge in [-0.15, -0.1) is 0 Å². The Morgan fingerprint density at radius 2 is 1.65 bits per heavy atom. The van der Waals surface area contributed by atoms with Crippen molar-refractivity contribution in [1.29, 1.82) is 0 Å². The van der Waals surface area contributed by atoms with E-state index in [-0.39, 0.29) is 5.75 Å². The van der Waals surface area contributed by atoms with E-state index in [0.717, 1.165) is 5.56 Å². The molecule has 90 valence electrons. The molecule has 0 amide bonds. The summed E-state index contributed by atoms with van der Waals surface area (Å²) in [6, 6.07) is 10.8. The van der Waals surface area contributed by atoms with E-state index in [1.165, 1.54) is 0 Å². The predicted octanol–water partition coefficient (Wildman–Crippen LogP) is 2.27. The Hall–Kier alpha value is -1.55. The minimum Gasteiger partial charge on any atom is -0.353 e. The van der Waals surface area contributed by atoms with E-state index in [9.17, 15) is 8.42 Å². The average molecular weight is 249 g/mol. The van der Waals surface area contributed by atoms with Gasteiger partial charge in [-0.1, -0.05) is 17.7 Å². The van der Waals surface area contributed by atoms with Crippen LogP contribution in [0.1, 0.15) is 5.56 Å². The molecule has 0 spiro atoms. The largest absolute Gasteiger partial charge is 0.353 e. The van der Waals surface area contributed by atoms with Crippen LogP contribution in [0.15, 0.2) is 53.7 Å². The van der Waals surface area contributed by atoms with Crippen LogP contribution in [0.25, 0.3) is 0 Å². The molecule has 0 saturated carbocycles. The molecule has 4 heteroatoms. The third kappa shape index (κ3) is 2.97. The van der Waals surface area contributed by atoms with Crippen LogP contribution in [0.3, 0.4) is 0 Å². The molecule has 0 unspecified atom stereocenters. The van der Waals surface area contributed by atoms with Crippen LogP contribution in [0.4, 0.5) is 0 Å². The molecule has 2 rings (SSSR count). The van der Waals surface area contributed by atoms with Crippen molar-refractivity contribution in [2.75, 3.05) is 5.75 Å². The lowest BCUT2D eigenvalue weighted by Crippen LogP contribution is -2.12. The first kappa shape index (κ1) is 11.9. The number of nitrogens with zero attached hydrogens (tertiary/aromatic N) is 1. The van der Waals surface area contributed by atoms with Crippen LogP contribution in [0, 0.1) is 6.92 Å². The van der Waals surface area contributed by atoms with E-state index in [2.05, 4.69) is 0 Å². The topological polar surface area (TPSA) is 39.1 Å². The van der Waals surface area contributed by atoms with Gasteiger partial charge in [0.1, 0.15) is 0 Å². The quantitative estimate of drug-likeness (QED) is 0.833. The maximum absolute atomic E-state index is 12.0. The van der Waals surface area contributed by atoms with Crippen molar-refractivity contribution in [3.05, 3.63) is 54.4 Å². The number of sulfone groups is 1. The zero-order valence-electron chi connectivity index (χ0n) is 9.70. The van der Waals surface area contributed by atoms with Gasteiger partial charge in [-0.05, 0) is 31.2 Å². The lowest BCUT2D eigenvalue weighted by molar-refractivity contribution is 0.589. The van der Waals surface area contributed by atoms with Crippen molar-refractivity contribution >= 4 is 9.84 Å². The molecular weight excluding hydrogens is 234 g/mol. The van der Waals surface area contributed by atoms with Crippen molar-refractivity contribution in [3.8, 4) is 0 Å². The molecular formula is C13H15NO2S. The Balaban J connectivity index is 2.11. The second-order valence-corrected chi connectivity index (χ2v) is 6.16. The summed E-state index contributed by atoms with van der Waals surface area (Å²) >= 11 is 0. The molecule has 0 aliphatic heterocycles. The van der Waals surface area contributed by atoms with Crippen molar-refractivity contribution < 1.29 is 8.42 Å². The van der Waals surface area contributed by atoms with Crippen LogP contribution in [-0.2, 0) is 16.4 Å². The molecule has 1 heterocycles. The number of aromatic nitrogens is 1. The highest BCUT2D eigenvalue weighted by molar-refractivity contribution is 7.91. The van der Waals surface area contributed by atoms with Crippen molar-refractivity contribution in [3.63, 3.8) is 0 Å². The fraction of sp³-hybridized carbons (Fsp3) is 0.231. The Bertz CT molecular complexity index is 568. The minimum absolute atomic E-state index is 0.130.